The Bertz CT molecular complexity index is 879. The average Bonchev–Trinajstić information content (AvgIpc) is 2.68. The van der Waals surface area contributed by atoms with Crippen molar-refractivity contribution in [1.29, 1.82) is 0 Å². The van der Waals surface area contributed by atoms with Crippen LogP contribution in [0.2, 0.25) is 5.02 Å². The lowest BCUT2D eigenvalue weighted by molar-refractivity contribution is -0.120. The maximum atomic E-state index is 12.6. The van der Waals surface area contributed by atoms with E-state index in [-0.39, 0.29) is 24.3 Å². The van der Waals surface area contributed by atoms with Crippen molar-refractivity contribution in [3.63, 3.8) is 0 Å². The van der Waals surface area contributed by atoms with Crippen molar-refractivity contribution in [3.8, 4) is 5.75 Å². The lowest BCUT2D eigenvalue weighted by atomic mass is 9.95. The number of anilines is 3. The molecule has 0 spiro atoms. The van der Waals surface area contributed by atoms with E-state index in [9.17, 15) is 9.59 Å². The third-order valence-electron chi connectivity index (χ3n) is 4.94. The van der Waals surface area contributed by atoms with E-state index < -0.39 is 0 Å². The van der Waals surface area contributed by atoms with E-state index in [0.29, 0.717) is 17.1 Å². The molecule has 6 nitrogen and oxygen atoms in total. The highest BCUT2D eigenvalue weighted by molar-refractivity contribution is 6.33. The number of fused-ring (bicyclic) bond motifs is 1. The van der Waals surface area contributed by atoms with Gasteiger partial charge in [-0.1, -0.05) is 23.7 Å². The number of hydrogen-bond donors (Lipinski definition) is 2. The highest BCUT2D eigenvalue weighted by atomic mass is 35.5. The molecule has 0 aliphatic carbocycles. The molecule has 2 aliphatic rings. The van der Waals surface area contributed by atoms with Crippen molar-refractivity contribution in [3.05, 3.63) is 47.5 Å². The monoisotopic (exact) mass is 385 g/mol. The van der Waals surface area contributed by atoms with Crippen molar-refractivity contribution in [2.24, 2.45) is 5.92 Å². The SMILES string of the molecule is O=C1COc2ccc(NC(=O)C3CCN(c4ccccc4Cl)CC3)cc2N1. The molecule has 2 aliphatic heterocycles. The van der Waals surface area contributed by atoms with Crippen LogP contribution in [0.4, 0.5) is 17.1 Å². The first-order valence-electron chi connectivity index (χ1n) is 8.97. The first kappa shape index (κ1) is 17.7. The summed E-state index contributed by atoms with van der Waals surface area (Å²) >= 11 is 6.27. The van der Waals surface area contributed by atoms with Crippen molar-refractivity contribution < 1.29 is 14.3 Å². The van der Waals surface area contributed by atoms with Gasteiger partial charge < -0.3 is 20.3 Å². The molecule has 0 bridgehead atoms. The van der Waals surface area contributed by atoms with Gasteiger partial charge in [-0.2, -0.15) is 0 Å². The van der Waals surface area contributed by atoms with E-state index >= 15 is 0 Å². The molecular weight excluding hydrogens is 366 g/mol. The zero-order valence-electron chi connectivity index (χ0n) is 14.7. The van der Waals surface area contributed by atoms with Gasteiger partial charge in [0.05, 0.1) is 16.4 Å². The molecule has 2 aromatic rings. The summed E-state index contributed by atoms with van der Waals surface area (Å²) in [6, 6.07) is 13.0. The van der Waals surface area contributed by atoms with Gasteiger partial charge in [0.15, 0.2) is 6.61 Å². The Labute approximate surface area is 162 Å². The molecule has 27 heavy (non-hydrogen) atoms. The quantitative estimate of drug-likeness (QED) is 0.848. The summed E-state index contributed by atoms with van der Waals surface area (Å²) in [6.45, 7) is 1.59. The summed E-state index contributed by atoms with van der Waals surface area (Å²) < 4.78 is 5.33. The molecule has 7 heteroatoms. The summed E-state index contributed by atoms with van der Waals surface area (Å²) in [4.78, 5) is 26.3. The maximum absolute atomic E-state index is 12.6. The minimum Gasteiger partial charge on any atom is -0.482 e. The number of benzene rings is 2. The highest BCUT2D eigenvalue weighted by Gasteiger charge is 2.26. The molecule has 0 saturated carbocycles. The smallest absolute Gasteiger partial charge is 0.262 e. The fourth-order valence-electron chi connectivity index (χ4n) is 3.50. The maximum Gasteiger partial charge on any atom is 0.262 e. The third-order valence-corrected chi connectivity index (χ3v) is 5.26. The van der Waals surface area contributed by atoms with E-state index in [0.717, 1.165) is 36.6 Å². The fraction of sp³-hybridized carbons (Fsp3) is 0.300. The van der Waals surface area contributed by atoms with Gasteiger partial charge in [0.1, 0.15) is 5.75 Å². The van der Waals surface area contributed by atoms with Crippen molar-refractivity contribution >= 4 is 40.5 Å². The minimum absolute atomic E-state index is 0.00295. The van der Waals surface area contributed by atoms with Crippen molar-refractivity contribution in [1.82, 2.24) is 0 Å². The number of nitrogens with zero attached hydrogens (tertiary/aromatic N) is 1. The number of carbonyl (C=O) groups is 2. The van der Waals surface area contributed by atoms with Gasteiger partial charge in [-0.3, -0.25) is 9.59 Å². The number of para-hydroxylation sites is 1. The Morgan fingerprint density at radius 1 is 1.19 bits per heavy atom. The summed E-state index contributed by atoms with van der Waals surface area (Å²) in [5.74, 6) is 0.362. The average molecular weight is 386 g/mol. The van der Waals surface area contributed by atoms with Gasteiger partial charge in [0, 0.05) is 24.7 Å². The van der Waals surface area contributed by atoms with Gasteiger partial charge in [0.2, 0.25) is 5.91 Å². The second-order valence-electron chi connectivity index (χ2n) is 6.75. The molecule has 1 fully saturated rings. The summed E-state index contributed by atoms with van der Waals surface area (Å²) in [5.41, 5.74) is 2.25. The molecule has 2 N–H and O–H groups in total. The second-order valence-corrected chi connectivity index (χ2v) is 7.16. The molecule has 0 radical (unpaired) electrons. The molecule has 2 heterocycles. The highest BCUT2D eigenvalue weighted by Crippen LogP contribution is 2.32. The van der Waals surface area contributed by atoms with Crippen LogP contribution in [0, 0.1) is 5.92 Å². The van der Waals surface area contributed by atoms with E-state index in [1.807, 2.05) is 24.3 Å². The van der Waals surface area contributed by atoms with Gasteiger partial charge in [-0.15, -0.1) is 0 Å². The number of rotatable bonds is 3. The Balaban J connectivity index is 1.37. The summed E-state index contributed by atoms with van der Waals surface area (Å²) in [5, 5.41) is 6.44. The molecule has 140 valence electrons. The van der Waals surface area contributed by atoms with Crippen LogP contribution in [0.25, 0.3) is 0 Å². The van der Waals surface area contributed by atoms with Crippen LogP contribution in [0.5, 0.6) is 5.75 Å². The standard InChI is InChI=1S/C20H20ClN3O3/c21-15-3-1-2-4-17(15)24-9-7-13(8-10-24)20(26)22-14-5-6-18-16(11-14)23-19(25)12-27-18/h1-6,11,13H,7-10,12H2,(H,22,26)(H,23,25). The number of piperidine rings is 1. The summed E-state index contributed by atoms with van der Waals surface area (Å²) in [7, 11) is 0. The van der Waals surface area contributed by atoms with Gasteiger partial charge in [0.25, 0.3) is 5.91 Å². The first-order chi connectivity index (χ1) is 13.1. The zero-order valence-corrected chi connectivity index (χ0v) is 15.5. The fourth-order valence-corrected chi connectivity index (χ4v) is 3.75. The Morgan fingerprint density at radius 3 is 2.74 bits per heavy atom. The molecule has 0 aromatic heterocycles. The lowest BCUT2D eigenvalue weighted by Gasteiger charge is -2.33. The Kier molecular flexibility index (Phi) is 4.90. The number of halogens is 1. The second kappa shape index (κ2) is 7.48. The normalized spacial score (nSPS) is 16.9. The van der Waals surface area contributed by atoms with Crippen LogP contribution >= 0.6 is 11.6 Å². The number of ether oxygens (including phenoxy) is 1. The molecule has 4 rings (SSSR count). The Hall–Kier alpha value is -2.73. The van der Waals surface area contributed by atoms with Crippen LogP contribution < -0.4 is 20.3 Å². The molecule has 1 saturated heterocycles. The Morgan fingerprint density at radius 2 is 1.96 bits per heavy atom. The third kappa shape index (κ3) is 3.85. The van der Waals surface area contributed by atoms with E-state index in [1.54, 1.807) is 18.2 Å². The molecule has 0 atom stereocenters. The van der Waals surface area contributed by atoms with E-state index in [1.165, 1.54) is 0 Å². The topological polar surface area (TPSA) is 70.7 Å². The van der Waals surface area contributed by atoms with E-state index in [4.69, 9.17) is 16.3 Å². The number of nitrogens with one attached hydrogen (secondary N) is 2. The largest absolute Gasteiger partial charge is 0.482 e. The lowest BCUT2D eigenvalue weighted by Crippen LogP contribution is -2.38. The number of hydrogen-bond acceptors (Lipinski definition) is 4. The van der Waals surface area contributed by atoms with Crippen LogP contribution in [0.1, 0.15) is 12.8 Å². The van der Waals surface area contributed by atoms with Gasteiger partial charge in [-0.25, -0.2) is 0 Å². The van der Waals surface area contributed by atoms with Crippen LogP contribution in [0.3, 0.4) is 0 Å². The number of amides is 2. The van der Waals surface area contributed by atoms with Gasteiger partial charge >= 0.3 is 0 Å². The predicted octanol–water partition coefficient (Wildman–Crippen LogP) is 3.53. The molecule has 2 amide bonds. The number of carbonyl (C=O) groups excluding carboxylic acids is 2. The van der Waals surface area contributed by atoms with E-state index in [2.05, 4.69) is 15.5 Å². The predicted molar refractivity (Wildman–Crippen MR) is 106 cm³/mol. The zero-order chi connectivity index (χ0) is 18.8. The molecular formula is C20H20ClN3O3. The van der Waals surface area contributed by atoms with Crippen molar-refractivity contribution in [2.75, 3.05) is 35.2 Å². The molecule has 0 unspecified atom stereocenters. The summed E-state index contributed by atoms with van der Waals surface area (Å²) in [6.07, 6.45) is 1.53. The van der Waals surface area contributed by atoms with Gasteiger partial charge in [-0.05, 0) is 43.2 Å². The minimum atomic E-state index is -0.196. The first-order valence-corrected chi connectivity index (χ1v) is 9.35. The molecule has 2 aromatic carbocycles. The van der Waals surface area contributed by atoms with Crippen LogP contribution in [-0.4, -0.2) is 31.5 Å². The van der Waals surface area contributed by atoms with Crippen LogP contribution in [0.15, 0.2) is 42.5 Å². The van der Waals surface area contributed by atoms with Crippen molar-refractivity contribution in [2.45, 2.75) is 12.8 Å². The van der Waals surface area contributed by atoms with Crippen LogP contribution in [-0.2, 0) is 9.59 Å².